The molecule has 0 atom stereocenters. The van der Waals surface area contributed by atoms with Crippen LogP contribution >= 0.6 is 0 Å². The number of benzene rings is 2. The summed E-state index contributed by atoms with van der Waals surface area (Å²) >= 11 is 0. The predicted molar refractivity (Wildman–Crippen MR) is 184 cm³/mol. The molecule has 0 amide bonds. The molecule has 0 spiro atoms. The monoisotopic (exact) mass is 572 g/mol. The van der Waals surface area contributed by atoms with Gasteiger partial charge >= 0.3 is 0 Å². The van der Waals surface area contributed by atoms with Crippen molar-refractivity contribution in [1.82, 2.24) is 5.32 Å². The van der Waals surface area contributed by atoms with Crippen LogP contribution in [0.25, 0.3) is 11.1 Å². The van der Waals surface area contributed by atoms with E-state index in [1.165, 1.54) is 42.4 Å². The van der Waals surface area contributed by atoms with Crippen LogP contribution in [0.5, 0.6) is 0 Å². The molecule has 0 aromatic heterocycles. The fourth-order valence-electron chi connectivity index (χ4n) is 5.42. The molecule has 230 valence electrons. The van der Waals surface area contributed by atoms with E-state index >= 15 is 0 Å². The van der Waals surface area contributed by atoms with Crippen molar-refractivity contribution in [1.29, 1.82) is 0 Å². The molecule has 4 rings (SSSR count). The molecule has 0 radical (unpaired) electrons. The van der Waals surface area contributed by atoms with Crippen LogP contribution in [-0.4, -0.2) is 0 Å². The normalized spacial score (nSPS) is 14.6. The molecule has 2 nitrogen and oxygen atoms in total. The first kappa shape index (κ1) is 36.9. The van der Waals surface area contributed by atoms with Gasteiger partial charge in [0, 0.05) is 28.9 Å². The van der Waals surface area contributed by atoms with Gasteiger partial charge in [-0.05, 0) is 79.5 Å². The topological polar surface area (TPSA) is 38.0 Å². The molecule has 2 aromatic carbocycles. The zero-order valence-corrected chi connectivity index (χ0v) is 27.6. The van der Waals surface area contributed by atoms with Crippen LogP contribution in [0, 0.1) is 18.3 Å². The van der Waals surface area contributed by atoms with Gasteiger partial charge in [0.05, 0.1) is 0 Å². The highest BCUT2D eigenvalue weighted by Gasteiger charge is 2.25. The number of allylic oxidation sites excluding steroid dienone is 5. The summed E-state index contributed by atoms with van der Waals surface area (Å²) in [6.07, 6.45) is 18.7. The lowest BCUT2D eigenvalue weighted by atomic mass is 9.82. The molecule has 3 N–H and O–H groups in total. The molecule has 2 aliphatic rings. The van der Waals surface area contributed by atoms with Crippen molar-refractivity contribution in [3.63, 3.8) is 0 Å². The molecule has 0 aliphatic heterocycles. The van der Waals surface area contributed by atoms with Crippen LogP contribution in [0.15, 0.2) is 84.0 Å². The highest BCUT2D eigenvalue weighted by atomic mass is 19.1. The van der Waals surface area contributed by atoms with Crippen molar-refractivity contribution in [3.05, 3.63) is 95.1 Å². The summed E-state index contributed by atoms with van der Waals surface area (Å²) in [5.74, 6) is 3.69. The quantitative estimate of drug-likeness (QED) is 0.309. The van der Waals surface area contributed by atoms with Crippen molar-refractivity contribution in [2.24, 2.45) is 11.7 Å². The number of terminal acetylenes is 1. The Hall–Kier alpha value is -3.09. The SMILES string of the molecule is C#Cc1ccc(-c2ccc(C(N)(CCC)CCC)cc2)cc1.C=C(C)NC1=CC(C)=C(F)CC1.CC.CC1CCCC1. The second-order valence-electron chi connectivity index (χ2n) is 11.5. The Bertz CT molecular complexity index is 1150. The minimum absolute atomic E-state index is 0.00210. The Morgan fingerprint density at radius 2 is 1.48 bits per heavy atom. The van der Waals surface area contributed by atoms with Gasteiger partial charge in [0.25, 0.3) is 0 Å². The molecule has 1 fully saturated rings. The number of nitrogens with one attached hydrogen (secondary N) is 1. The maximum atomic E-state index is 12.9. The predicted octanol–water partition coefficient (Wildman–Crippen LogP) is 11.3. The molecular weight excluding hydrogens is 515 g/mol. The number of nitrogens with two attached hydrogens (primary N) is 1. The van der Waals surface area contributed by atoms with Crippen LogP contribution in [0.3, 0.4) is 0 Å². The second-order valence-corrected chi connectivity index (χ2v) is 11.5. The van der Waals surface area contributed by atoms with E-state index in [0.29, 0.717) is 6.42 Å². The summed E-state index contributed by atoms with van der Waals surface area (Å²) in [4.78, 5) is 0. The lowest BCUT2D eigenvalue weighted by Gasteiger charge is -2.29. The van der Waals surface area contributed by atoms with Gasteiger partial charge in [-0.15, -0.1) is 6.42 Å². The molecule has 1 saturated carbocycles. The summed E-state index contributed by atoms with van der Waals surface area (Å²) in [5.41, 5.74) is 13.7. The lowest BCUT2D eigenvalue weighted by molar-refractivity contribution is 0.369. The van der Waals surface area contributed by atoms with Gasteiger partial charge in [0.1, 0.15) is 5.83 Å². The Morgan fingerprint density at radius 1 is 0.976 bits per heavy atom. The van der Waals surface area contributed by atoms with E-state index in [2.05, 4.69) is 75.0 Å². The number of hydrogen-bond donors (Lipinski definition) is 2. The van der Waals surface area contributed by atoms with E-state index in [1.807, 2.05) is 39.0 Å². The first-order chi connectivity index (χ1) is 20.1. The van der Waals surface area contributed by atoms with Gasteiger partial charge in [-0.3, -0.25) is 0 Å². The summed E-state index contributed by atoms with van der Waals surface area (Å²) in [7, 11) is 0. The van der Waals surface area contributed by atoms with E-state index < -0.39 is 0 Å². The summed E-state index contributed by atoms with van der Waals surface area (Å²) in [6.45, 7) is 18.1. The molecular formula is C39H57FN2. The molecule has 2 aliphatic carbocycles. The minimum Gasteiger partial charge on any atom is -0.363 e. The highest BCUT2D eigenvalue weighted by molar-refractivity contribution is 5.64. The van der Waals surface area contributed by atoms with Crippen LogP contribution < -0.4 is 11.1 Å². The zero-order chi connectivity index (χ0) is 31.5. The Labute approximate surface area is 257 Å². The molecule has 0 bridgehead atoms. The zero-order valence-electron chi connectivity index (χ0n) is 27.6. The first-order valence-electron chi connectivity index (χ1n) is 16.1. The van der Waals surface area contributed by atoms with Gasteiger partial charge in [0.2, 0.25) is 0 Å². The fraction of sp³-hybridized carbons (Fsp3) is 0.487. The third-order valence-electron chi connectivity index (χ3n) is 7.69. The largest absolute Gasteiger partial charge is 0.363 e. The van der Waals surface area contributed by atoms with Crippen molar-refractivity contribution in [3.8, 4) is 23.5 Å². The maximum absolute atomic E-state index is 12.9. The van der Waals surface area contributed by atoms with Crippen molar-refractivity contribution >= 4 is 0 Å². The van der Waals surface area contributed by atoms with E-state index in [0.717, 1.165) is 60.6 Å². The second kappa shape index (κ2) is 19.9. The van der Waals surface area contributed by atoms with E-state index in [-0.39, 0.29) is 11.4 Å². The number of hydrogen-bond acceptors (Lipinski definition) is 2. The van der Waals surface area contributed by atoms with Gasteiger partial charge < -0.3 is 11.1 Å². The molecule has 0 heterocycles. The van der Waals surface area contributed by atoms with E-state index in [9.17, 15) is 4.39 Å². The molecule has 3 heteroatoms. The summed E-state index contributed by atoms with van der Waals surface area (Å²) in [5, 5.41) is 3.10. The highest BCUT2D eigenvalue weighted by Crippen LogP contribution is 2.31. The Balaban J connectivity index is 0.000000366. The summed E-state index contributed by atoms with van der Waals surface area (Å²) in [6, 6.07) is 16.8. The first-order valence-corrected chi connectivity index (χ1v) is 16.1. The molecule has 2 aromatic rings. The summed E-state index contributed by atoms with van der Waals surface area (Å²) < 4.78 is 12.9. The lowest BCUT2D eigenvalue weighted by Crippen LogP contribution is -2.36. The van der Waals surface area contributed by atoms with E-state index in [4.69, 9.17) is 12.2 Å². The molecule has 0 unspecified atom stereocenters. The fourth-order valence-corrected chi connectivity index (χ4v) is 5.42. The average Bonchev–Trinajstić information content (AvgIpc) is 3.48. The van der Waals surface area contributed by atoms with Crippen molar-refractivity contribution < 1.29 is 4.39 Å². The van der Waals surface area contributed by atoms with Crippen LogP contribution in [0.2, 0.25) is 0 Å². The number of rotatable bonds is 8. The third-order valence-corrected chi connectivity index (χ3v) is 7.69. The molecule has 0 saturated heterocycles. The average molecular weight is 573 g/mol. The smallest absolute Gasteiger partial charge is 0.103 e. The maximum Gasteiger partial charge on any atom is 0.103 e. The van der Waals surface area contributed by atoms with Crippen LogP contribution in [0.1, 0.15) is 124 Å². The Kier molecular flexibility index (Phi) is 17.5. The van der Waals surface area contributed by atoms with Crippen LogP contribution in [0.4, 0.5) is 4.39 Å². The van der Waals surface area contributed by atoms with E-state index in [1.54, 1.807) is 6.92 Å². The van der Waals surface area contributed by atoms with Gasteiger partial charge in [-0.25, -0.2) is 4.39 Å². The van der Waals surface area contributed by atoms with Crippen LogP contribution in [-0.2, 0) is 5.54 Å². The van der Waals surface area contributed by atoms with Gasteiger partial charge in [0.15, 0.2) is 0 Å². The Morgan fingerprint density at radius 3 is 1.86 bits per heavy atom. The van der Waals surface area contributed by atoms with Gasteiger partial charge in [-0.2, -0.15) is 0 Å². The third kappa shape index (κ3) is 12.8. The number of halogens is 1. The van der Waals surface area contributed by atoms with Crippen molar-refractivity contribution in [2.45, 2.75) is 118 Å². The van der Waals surface area contributed by atoms with Crippen molar-refractivity contribution in [2.75, 3.05) is 0 Å². The molecule has 42 heavy (non-hydrogen) atoms. The standard InChI is InChI=1S/C21H25N.C10H14FN.C6H12.C2H6/c1-4-15-21(22,16-5-2)20-13-11-19(12-14-20)18-9-7-17(6-3)8-10-18;1-7(2)12-9-4-5-10(11)8(3)6-9;1-6-4-2-3-5-6;1-2/h3,7-14H,4-5,15-16,22H2,1-2H3;6,12H,1,4-5H2,2-3H3;6H,2-5H2,1H3;1-2H3. The minimum atomic E-state index is -0.199. The van der Waals surface area contributed by atoms with Gasteiger partial charge in [-0.1, -0.05) is 122 Å².